The van der Waals surface area contributed by atoms with Gasteiger partial charge in [-0.15, -0.1) is 0 Å². The van der Waals surface area contributed by atoms with Gasteiger partial charge >= 0.3 is 0 Å². The summed E-state index contributed by atoms with van der Waals surface area (Å²) in [4.78, 5) is 0. The molecule has 0 aliphatic heterocycles. The van der Waals surface area contributed by atoms with Gasteiger partial charge in [0.2, 0.25) is 0 Å². The summed E-state index contributed by atoms with van der Waals surface area (Å²) in [6, 6.07) is 8.10. The highest BCUT2D eigenvalue weighted by atomic mass is 35.5. The van der Waals surface area contributed by atoms with E-state index in [1.807, 2.05) is 12.1 Å². The highest BCUT2D eigenvalue weighted by molar-refractivity contribution is 6.31. The molecular weight excluding hydrogens is 220 g/mol. The quantitative estimate of drug-likeness (QED) is 0.869. The highest BCUT2D eigenvalue weighted by Crippen LogP contribution is 2.32. The lowest BCUT2D eigenvalue weighted by Gasteiger charge is -2.13. The van der Waals surface area contributed by atoms with Gasteiger partial charge in [0.15, 0.2) is 0 Å². The number of nitriles is 1. The van der Waals surface area contributed by atoms with Crippen LogP contribution in [-0.2, 0) is 6.54 Å². The molecule has 1 aliphatic carbocycles. The maximum Gasteiger partial charge on any atom is 0.0992 e. The summed E-state index contributed by atoms with van der Waals surface area (Å²) in [6.45, 7) is 3.00. The van der Waals surface area contributed by atoms with Crippen LogP contribution in [0, 0.1) is 17.2 Å². The molecule has 2 nitrogen and oxygen atoms in total. The molecule has 1 aromatic carbocycles. The van der Waals surface area contributed by atoms with Crippen molar-refractivity contribution in [3.8, 4) is 6.07 Å². The third-order valence-electron chi connectivity index (χ3n) is 3.13. The van der Waals surface area contributed by atoms with E-state index in [9.17, 15) is 0 Å². The average Bonchev–Trinajstić information content (AvgIpc) is 3.10. The summed E-state index contributed by atoms with van der Waals surface area (Å²) < 4.78 is 0. The van der Waals surface area contributed by atoms with Crippen LogP contribution in [0.25, 0.3) is 0 Å². The van der Waals surface area contributed by atoms with Crippen LogP contribution in [0.3, 0.4) is 0 Å². The minimum Gasteiger partial charge on any atom is -0.310 e. The molecule has 0 saturated heterocycles. The normalized spacial score (nSPS) is 16.8. The summed E-state index contributed by atoms with van der Waals surface area (Å²) in [6.07, 6.45) is 2.69. The first kappa shape index (κ1) is 11.4. The predicted molar refractivity (Wildman–Crippen MR) is 65.2 cm³/mol. The molecule has 1 fully saturated rings. The summed E-state index contributed by atoms with van der Waals surface area (Å²) in [5.41, 5.74) is 1.68. The van der Waals surface area contributed by atoms with Crippen LogP contribution in [0.15, 0.2) is 18.2 Å². The Kier molecular flexibility index (Phi) is 3.48. The van der Waals surface area contributed by atoms with Crippen LogP contribution in [0.5, 0.6) is 0 Å². The molecule has 0 heterocycles. The van der Waals surface area contributed by atoms with Gasteiger partial charge in [0.25, 0.3) is 0 Å². The van der Waals surface area contributed by atoms with Crippen LogP contribution in [0.4, 0.5) is 0 Å². The smallest absolute Gasteiger partial charge is 0.0992 e. The second kappa shape index (κ2) is 4.86. The molecule has 0 aromatic heterocycles. The van der Waals surface area contributed by atoms with Gasteiger partial charge in [-0.3, -0.25) is 0 Å². The van der Waals surface area contributed by atoms with Crippen molar-refractivity contribution in [3.63, 3.8) is 0 Å². The zero-order valence-electron chi connectivity index (χ0n) is 9.33. The molecular formula is C13H15ClN2. The number of nitrogens with one attached hydrogen (secondary N) is 1. The highest BCUT2D eigenvalue weighted by Gasteiger charge is 2.27. The first-order chi connectivity index (χ1) is 7.70. The number of nitrogens with zero attached hydrogens (tertiary/aromatic N) is 1. The van der Waals surface area contributed by atoms with Crippen LogP contribution in [-0.4, -0.2) is 6.04 Å². The zero-order valence-corrected chi connectivity index (χ0v) is 10.1. The molecule has 2 rings (SSSR count). The topological polar surface area (TPSA) is 35.8 Å². The number of benzene rings is 1. The molecule has 3 heteroatoms. The largest absolute Gasteiger partial charge is 0.310 e. The molecule has 1 N–H and O–H groups in total. The summed E-state index contributed by atoms with van der Waals surface area (Å²) >= 11 is 6.10. The van der Waals surface area contributed by atoms with Crippen LogP contribution >= 0.6 is 11.6 Å². The monoisotopic (exact) mass is 234 g/mol. The molecule has 1 unspecified atom stereocenters. The predicted octanol–water partition coefficient (Wildman–Crippen LogP) is 3.10. The van der Waals surface area contributed by atoms with Crippen molar-refractivity contribution >= 4 is 11.6 Å². The Morgan fingerprint density at radius 2 is 2.31 bits per heavy atom. The van der Waals surface area contributed by atoms with Crippen molar-refractivity contribution in [2.24, 2.45) is 5.92 Å². The molecule has 0 radical (unpaired) electrons. The molecule has 1 atom stereocenters. The van der Waals surface area contributed by atoms with E-state index in [2.05, 4.69) is 18.3 Å². The van der Waals surface area contributed by atoms with Crippen LogP contribution in [0.2, 0.25) is 5.02 Å². The zero-order chi connectivity index (χ0) is 11.5. The Morgan fingerprint density at radius 1 is 1.56 bits per heavy atom. The maximum atomic E-state index is 8.73. The maximum absolute atomic E-state index is 8.73. The number of hydrogen-bond donors (Lipinski definition) is 1. The van der Waals surface area contributed by atoms with Crippen molar-refractivity contribution in [2.45, 2.75) is 32.4 Å². The Labute approximate surface area is 101 Å². The van der Waals surface area contributed by atoms with Gasteiger partial charge in [0, 0.05) is 17.6 Å². The van der Waals surface area contributed by atoms with Gasteiger partial charge in [0.05, 0.1) is 11.6 Å². The lowest BCUT2D eigenvalue weighted by atomic mass is 10.1. The van der Waals surface area contributed by atoms with Crippen LogP contribution < -0.4 is 5.32 Å². The first-order valence-electron chi connectivity index (χ1n) is 5.62. The molecule has 0 amide bonds. The molecule has 84 valence electrons. The molecule has 1 saturated carbocycles. The minimum absolute atomic E-state index is 0.562. The van der Waals surface area contributed by atoms with Crippen molar-refractivity contribution in [1.82, 2.24) is 5.32 Å². The van der Waals surface area contributed by atoms with Gasteiger partial charge in [-0.2, -0.15) is 5.26 Å². The van der Waals surface area contributed by atoms with Gasteiger partial charge < -0.3 is 5.32 Å². The third-order valence-corrected chi connectivity index (χ3v) is 3.48. The Balaban J connectivity index is 1.96. The van der Waals surface area contributed by atoms with E-state index in [-0.39, 0.29) is 0 Å². The fourth-order valence-electron chi connectivity index (χ4n) is 1.79. The fourth-order valence-corrected chi connectivity index (χ4v) is 2.04. The van der Waals surface area contributed by atoms with E-state index in [0.29, 0.717) is 16.6 Å². The summed E-state index contributed by atoms with van der Waals surface area (Å²) in [5, 5.41) is 12.9. The summed E-state index contributed by atoms with van der Waals surface area (Å²) in [5.74, 6) is 0.845. The van der Waals surface area contributed by atoms with E-state index in [0.717, 1.165) is 18.0 Å². The van der Waals surface area contributed by atoms with E-state index in [1.54, 1.807) is 6.07 Å². The Bertz CT molecular complexity index is 418. The third kappa shape index (κ3) is 2.75. The van der Waals surface area contributed by atoms with E-state index >= 15 is 0 Å². The standard InChI is InChI=1S/C13H15ClN2/c1-9(11-4-5-11)16-8-12-3-2-10(7-15)6-13(12)14/h2-3,6,9,11,16H,4-5,8H2,1H3. The minimum atomic E-state index is 0.562. The molecule has 1 aliphatic rings. The van der Waals surface area contributed by atoms with Gasteiger partial charge in [-0.25, -0.2) is 0 Å². The van der Waals surface area contributed by atoms with Crippen molar-refractivity contribution < 1.29 is 0 Å². The number of rotatable bonds is 4. The molecule has 0 spiro atoms. The first-order valence-corrected chi connectivity index (χ1v) is 6.00. The van der Waals surface area contributed by atoms with Crippen molar-refractivity contribution in [1.29, 1.82) is 5.26 Å². The van der Waals surface area contributed by atoms with E-state index in [4.69, 9.17) is 16.9 Å². The van der Waals surface area contributed by atoms with Gasteiger partial charge in [-0.1, -0.05) is 17.7 Å². The van der Waals surface area contributed by atoms with Crippen molar-refractivity contribution in [2.75, 3.05) is 0 Å². The molecule has 0 bridgehead atoms. The summed E-state index contributed by atoms with van der Waals surface area (Å²) in [7, 11) is 0. The molecule has 16 heavy (non-hydrogen) atoms. The number of halogens is 1. The average molecular weight is 235 g/mol. The van der Waals surface area contributed by atoms with Gasteiger partial charge in [-0.05, 0) is 43.4 Å². The lowest BCUT2D eigenvalue weighted by molar-refractivity contribution is 0.496. The fraction of sp³-hybridized carbons (Fsp3) is 0.462. The Morgan fingerprint density at radius 3 is 2.88 bits per heavy atom. The van der Waals surface area contributed by atoms with Gasteiger partial charge in [0.1, 0.15) is 0 Å². The second-order valence-electron chi connectivity index (χ2n) is 4.42. The lowest BCUT2D eigenvalue weighted by Crippen LogP contribution is -2.27. The van der Waals surface area contributed by atoms with E-state index in [1.165, 1.54) is 12.8 Å². The number of hydrogen-bond acceptors (Lipinski definition) is 2. The van der Waals surface area contributed by atoms with E-state index < -0.39 is 0 Å². The SMILES string of the molecule is CC(NCc1ccc(C#N)cc1Cl)C1CC1. The van der Waals surface area contributed by atoms with Crippen LogP contribution in [0.1, 0.15) is 30.9 Å². The second-order valence-corrected chi connectivity index (χ2v) is 4.83. The van der Waals surface area contributed by atoms with Crippen molar-refractivity contribution in [3.05, 3.63) is 34.3 Å². The Hall–Kier alpha value is -1.04. The molecule has 1 aromatic rings.